The number of rotatable bonds is 6. The van der Waals surface area contributed by atoms with E-state index in [0.29, 0.717) is 18.1 Å². The van der Waals surface area contributed by atoms with Gasteiger partial charge >= 0.3 is 6.36 Å². The van der Waals surface area contributed by atoms with Crippen molar-refractivity contribution >= 4 is 17.4 Å². The first-order valence-corrected chi connectivity index (χ1v) is 10.7. The lowest BCUT2D eigenvalue weighted by Gasteiger charge is -2.21. The van der Waals surface area contributed by atoms with Gasteiger partial charge < -0.3 is 20.1 Å². The number of carbonyl (C=O) groups excluding carboxylic acids is 1. The molecule has 0 saturated carbocycles. The first kappa shape index (κ1) is 23.5. The maximum Gasteiger partial charge on any atom is 0.573 e. The quantitative estimate of drug-likeness (QED) is 0.552. The Balaban J connectivity index is 1.59. The summed E-state index contributed by atoms with van der Waals surface area (Å²) in [5, 5.41) is 12.2. The Bertz CT molecular complexity index is 1150. The van der Waals surface area contributed by atoms with E-state index in [9.17, 15) is 23.1 Å². The number of aliphatic hydroxyl groups excluding tert-OH is 1. The van der Waals surface area contributed by atoms with Gasteiger partial charge in [0.15, 0.2) is 0 Å². The number of nitrogens with one attached hydrogen (secondary N) is 1. The Labute approximate surface area is 194 Å². The number of benzene rings is 1. The average molecular weight is 472 g/mol. The lowest BCUT2D eigenvalue weighted by molar-refractivity contribution is -0.274. The summed E-state index contributed by atoms with van der Waals surface area (Å²) in [5.74, 6) is 0.0295. The van der Waals surface area contributed by atoms with Gasteiger partial charge in [-0.2, -0.15) is 0 Å². The first-order valence-electron chi connectivity index (χ1n) is 10.7. The van der Waals surface area contributed by atoms with Crippen LogP contribution in [0.3, 0.4) is 0 Å². The third-order valence-corrected chi connectivity index (χ3v) is 5.54. The van der Waals surface area contributed by atoms with Crippen LogP contribution < -0.4 is 15.0 Å². The molecule has 1 aliphatic heterocycles. The van der Waals surface area contributed by atoms with Crippen LogP contribution in [-0.2, 0) is 0 Å². The van der Waals surface area contributed by atoms with Crippen LogP contribution in [0.15, 0.2) is 54.9 Å². The molecule has 2 aromatic heterocycles. The molecule has 0 spiro atoms. The molecule has 2 N–H and O–H groups in total. The molecule has 1 atom stereocenters. The number of hydrogen-bond acceptors (Lipinski definition) is 6. The molecule has 1 amide bonds. The number of aryl methyl sites for hydroxylation is 1. The zero-order valence-corrected chi connectivity index (χ0v) is 18.3. The summed E-state index contributed by atoms with van der Waals surface area (Å²) in [6.07, 6.45) is -0.758. The third kappa shape index (κ3) is 5.63. The molecular formula is C24H23F3N4O3. The minimum Gasteiger partial charge on any atom is -0.406 e. The third-order valence-electron chi connectivity index (χ3n) is 5.54. The summed E-state index contributed by atoms with van der Waals surface area (Å²) in [4.78, 5) is 23.9. The lowest BCUT2D eigenvalue weighted by Crippen LogP contribution is -2.23. The number of ether oxygens (including phenoxy) is 1. The number of hydrogen-bond donors (Lipinski definition) is 2. The van der Waals surface area contributed by atoms with E-state index in [-0.39, 0.29) is 23.8 Å². The monoisotopic (exact) mass is 472 g/mol. The van der Waals surface area contributed by atoms with Crippen LogP contribution in [-0.4, -0.2) is 47.0 Å². The van der Waals surface area contributed by atoms with Crippen molar-refractivity contribution in [3.63, 3.8) is 0 Å². The number of halogens is 3. The van der Waals surface area contributed by atoms with Gasteiger partial charge in [-0.25, -0.2) is 4.98 Å². The van der Waals surface area contributed by atoms with Crippen LogP contribution in [0.1, 0.15) is 22.5 Å². The average Bonchev–Trinajstić information content (AvgIpc) is 3.29. The normalized spacial score (nSPS) is 15.9. The van der Waals surface area contributed by atoms with Gasteiger partial charge in [-0.05, 0) is 49.7 Å². The van der Waals surface area contributed by atoms with Crippen molar-refractivity contribution < 1.29 is 27.8 Å². The predicted molar refractivity (Wildman–Crippen MR) is 121 cm³/mol. The van der Waals surface area contributed by atoms with Crippen molar-refractivity contribution in [3.05, 3.63) is 66.1 Å². The summed E-state index contributed by atoms with van der Waals surface area (Å²) >= 11 is 0. The second-order valence-corrected chi connectivity index (χ2v) is 8.09. The Hall–Kier alpha value is -3.66. The van der Waals surface area contributed by atoms with E-state index in [1.54, 1.807) is 12.3 Å². The summed E-state index contributed by atoms with van der Waals surface area (Å²) in [5.41, 5.74) is 2.98. The van der Waals surface area contributed by atoms with E-state index < -0.39 is 12.3 Å². The minimum absolute atomic E-state index is 0.102. The number of pyridine rings is 2. The van der Waals surface area contributed by atoms with Gasteiger partial charge in [-0.3, -0.25) is 9.78 Å². The van der Waals surface area contributed by atoms with E-state index in [1.165, 1.54) is 18.3 Å². The van der Waals surface area contributed by atoms with Gasteiger partial charge in [0, 0.05) is 60.5 Å². The van der Waals surface area contributed by atoms with E-state index in [0.717, 1.165) is 41.9 Å². The van der Waals surface area contributed by atoms with E-state index >= 15 is 0 Å². The van der Waals surface area contributed by atoms with Crippen LogP contribution >= 0.6 is 0 Å². The summed E-state index contributed by atoms with van der Waals surface area (Å²) in [6, 6.07) is 10.4. The molecule has 3 heterocycles. The highest BCUT2D eigenvalue weighted by atomic mass is 19.4. The second kappa shape index (κ2) is 9.68. The van der Waals surface area contributed by atoms with E-state index in [2.05, 4.69) is 24.9 Å². The molecule has 0 unspecified atom stereocenters. The maximum absolute atomic E-state index is 12.9. The fraction of sp³-hybridized carbons (Fsp3) is 0.292. The molecule has 1 aromatic carbocycles. The smallest absolute Gasteiger partial charge is 0.406 e. The van der Waals surface area contributed by atoms with Crippen molar-refractivity contribution in [2.24, 2.45) is 5.92 Å². The molecule has 34 heavy (non-hydrogen) atoms. The Morgan fingerprint density at radius 1 is 1.18 bits per heavy atom. The van der Waals surface area contributed by atoms with Crippen LogP contribution in [0.25, 0.3) is 11.1 Å². The molecule has 0 aliphatic carbocycles. The van der Waals surface area contributed by atoms with Crippen molar-refractivity contribution in [2.45, 2.75) is 19.7 Å². The number of amides is 1. The number of alkyl halides is 3. The van der Waals surface area contributed by atoms with Crippen LogP contribution in [0.4, 0.5) is 24.7 Å². The van der Waals surface area contributed by atoms with Crippen molar-refractivity contribution in [1.29, 1.82) is 0 Å². The molecule has 3 aromatic rings. The fourth-order valence-electron chi connectivity index (χ4n) is 3.79. The SMILES string of the molecule is Cc1ccc(-c2cc(C(=O)Nc3ccc(OC(F)(F)F)cc3)cnc2N2CC[C@H](CO)C2)cn1. The number of carbonyl (C=O) groups is 1. The highest BCUT2D eigenvalue weighted by Gasteiger charge is 2.31. The second-order valence-electron chi connectivity index (χ2n) is 8.09. The highest BCUT2D eigenvalue weighted by Crippen LogP contribution is 2.33. The van der Waals surface area contributed by atoms with Gasteiger partial charge in [0.2, 0.25) is 0 Å². The topological polar surface area (TPSA) is 87.6 Å². The summed E-state index contributed by atoms with van der Waals surface area (Å²) < 4.78 is 40.9. The molecule has 1 aliphatic rings. The van der Waals surface area contributed by atoms with Gasteiger partial charge in [0.25, 0.3) is 5.91 Å². The number of nitrogens with zero attached hydrogens (tertiary/aromatic N) is 3. The zero-order valence-electron chi connectivity index (χ0n) is 18.3. The molecule has 4 rings (SSSR count). The molecule has 0 bridgehead atoms. The van der Waals surface area contributed by atoms with Crippen molar-refractivity contribution in [3.8, 4) is 16.9 Å². The Morgan fingerprint density at radius 2 is 1.94 bits per heavy atom. The largest absolute Gasteiger partial charge is 0.573 e. The van der Waals surface area contributed by atoms with Gasteiger partial charge in [-0.1, -0.05) is 6.07 Å². The van der Waals surface area contributed by atoms with Crippen LogP contribution in [0, 0.1) is 12.8 Å². The standard InChI is InChI=1S/C24H23F3N4O3/c1-15-2-3-17(11-28-15)21-10-18(12-29-22(21)31-9-8-16(13-31)14-32)23(33)30-19-4-6-20(7-5-19)34-24(25,26)27/h2-7,10-12,16,32H,8-9,13-14H2,1H3,(H,30,33)/t16-/m0/s1. The molecular weight excluding hydrogens is 449 g/mol. The predicted octanol–water partition coefficient (Wildman–Crippen LogP) is 4.42. The number of anilines is 2. The van der Waals surface area contributed by atoms with Gasteiger partial charge in [0.1, 0.15) is 11.6 Å². The molecule has 0 radical (unpaired) electrons. The molecule has 178 valence electrons. The number of aromatic nitrogens is 2. The summed E-state index contributed by atoms with van der Waals surface area (Å²) in [6.45, 7) is 3.38. The maximum atomic E-state index is 12.9. The highest BCUT2D eigenvalue weighted by molar-refractivity contribution is 6.05. The van der Waals surface area contributed by atoms with E-state index in [1.807, 2.05) is 19.1 Å². The summed E-state index contributed by atoms with van der Waals surface area (Å²) in [7, 11) is 0. The lowest BCUT2D eigenvalue weighted by atomic mass is 10.0. The van der Waals surface area contributed by atoms with Crippen LogP contribution in [0.2, 0.25) is 0 Å². The Morgan fingerprint density at radius 3 is 2.56 bits per heavy atom. The molecule has 7 nitrogen and oxygen atoms in total. The first-order chi connectivity index (χ1) is 16.2. The van der Waals surface area contributed by atoms with Crippen molar-refractivity contribution in [2.75, 3.05) is 29.9 Å². The van der Waals surface area contributed by atoms with Gasteiger partial charge in [0.05, 0.1) is 5.56 Å². The Kier molecular flexibility index (Phi) is 6.69. The number of aliphatic hydroxyl groups is 1. The fourth-order valence-corrected chi connectivity index (χ4v) is 3.79. The van der Waals surface area contributed by atoms with E-state index in [4.69, 9.17) is 0 Å². The molecule has 1 fully saturated rings. The zero-order chi connectivity index (χ0) is 24.3. The van der Waals surface area contributed by atoms with Crippen molar-refractivity contribution in [1.82, 2.24) is 9.97 Å². The van der Waals surface area contributed by atoms with Gasteiger partial charge in [-0.15, -0.1) is 13.2 Å². The van der Waals surface area contributed by atoms with Crippen LogP contribution in [0.5, 0.6) is 5.75 Å². The minimum atomic E-state index is -4.79. The molecule has 10 heteroatoms. The molecule has 1 saturated heterocycles.